The van der Waals surface area contributed by atoms with Gasteiger partial charge in [-0.05, 0) is 44.8 Å². The van der Waals surface area contributed by atoms with Crippen LogP contribution in [-0.2, 0) is 9.59 Å². The van der Waals surface area contributed by atoms with Crippen LogP contribution in [0.4, 0.5) is 0 Å². The smallest absolute Gasteiger partial charge is 0.320 e. The molecule has 5 heteroatoms. The zero-order valence-electron chi connectivity index (χ0n) is 12.0. The predicted octanol–water partition coefficient (Wildman–Crippen LogP) is 2.31. The van der Waals surface area contributed by atoms with Crippen LogP contribution in [0.3, 0.4) is 0 Å². The summed E-state index contributed by atoms with van der Waals surface area (Å²) in [4.78, 5) is 22.8. The van der Waals surface area contributed by atoms with Crippen molar-refractivity contribution >= 4 is 23.5 Å². The lowest BCUT2D eigenvalue weighted by atomic mass is 9.76. The number of carbonyl (C=O) groups excluding carboxylic acids is 1. The van der Waals surface area contributed by atoms with Crippen LogP contribution in [0.1, 0.15) is 46.5 Å². The summed E-state index contributed by atoms with van der Waals surface area (Å²) in [6, 6.07) is -0.801. The Balaban J connectivity index is 2.47. The highest BCUT2D eigenvalue weighted by molar-refractivity contribution is 8.00. The number of carboxylic acid groups (broad SMARTS) is 1. The number of hydrogen-bond donors (Lipinski definition) is 2. The van der Waals surface area contributed by atoms with Gasteiger partial charge in [0.1, 0.15) is 11.8 Å². The van der Waals surface area contributed by atoms with Crippen LogP contribution in [0, 0.1) is 11.8 Å². The molecule has 0 aromatic rings. The minimum Gasteiger partial charge on any atom is -0.480 e. The summed E-state index contributed by atoms with van der Waals surface area (Å²) in [7, 11) is 0. The molecule has 1 saturated carbocycles. The van der Waals surface area contributed by atoms with Gasteiger partial charge in [0.05, 0.1) is 0 Å². The van der Waals surface area contributed by atoms with E-state index in [4.69, 9.17) is 10.8 Å². The first-order valence-electron chi connectivity index (χ1n) is 6.89. The van der Waals surface area contributed by atoms with Crippen LogP contribution in [0.2, 0.25) is 0 Å². The molecule has 0 bridgehead atoms. The number of rotatable bonds is 6. The molecule has 0 spiro atoms. The summed E-state index contributed by atoms with van der Waals surface area (Å²) in [5.74, 6) is 0.680. The lowest BCUT2D eigenvalue weighted by molar-refractivity contribution is -0.138. The van der Waals surface area contributed by atoms with Crippen molar-refractivity contribution in [2.75, 3.05) is 5.75 Å². The van der Waals surface area contributed by atoms with E-state index in [1.165, 1.54) is 0 Å². The van der Waals surface area contributed by atoms with Gasteiger partial charge < -0.3 is 10.8 Å². The Bertz CT molecular complexity index is 344. The van der Waals surface area contributed by atoms with Gasteiger partial charge in [0.2, 0.25) is 0 Å². The zero-order valence-corrected chi connectivity index (χ0v) is 12.8. The fourth-order valence-corrected chi connectivity index (χ4v) is 3.96. The Morgan fingerprint density at radius 2 is 2.16 bits per heavy atom. The van der Waals surface area contributed by atoms with Crippen molar-refractivity contribution in [2.45, 2.75) is 57.2 Å². The molecule has 1 aliphatic rings. The monoisotopic (exact) mass is 287 g/mol. The van der Waals surface area contributed by atoms with Crippen molar-refractivity contribution in [2.24, 2.45) is 17.6 Å². The molecule has 0 aromatic heterocycles. The molecule has 1 rings (SSSR count). The number of Topliss-reactive ketones (excluding diaryl/α,β-unsaturated/α-hetero) is 1. The topological polar surface area (TPSA) is 80.4 Å². The van der Waals surface area contributed by atoms with Crippen molar-refractivity contribution in [1.29, 1.82) is 0 Å². The lowest BCUT2D eigenvalue weighted by Crippen LogP contribution is -2.39. The summed E-state index contributed by atoms with van der Waals surface area (Å²) in [5, 5.41) is 8.74. The number of thioether (sulfide) groups is 1. The first-order chi connectivity index (χ1) is 8.74. The second-order valence-electron chi connectivity index (χ2n) is 6.09. The van der Waals surface area contributed by atoms with Crippen LogP contribution in [0.5, 0.6) is 0 Å². The maximum Gasteiger partial charge on any atom is 0.320 e. The van der Waals surface area contributed by atoms with Crippen molar-refractivity contribution in [3.05, 3.63) is 0 Å². The second kappa shape index (κ2) is 6.75. The summed E-state index contributed by atoms with van der Waals surface area (Å²) >= 11 is 1.67. The normalized spacial score (nSPS) is 26.2. The molecule has 0 aliphatic heterocycles. The van der Waals surface area contributed by atoms with E-state index in [1.54, 1.807) is 11.8 Å². The summed E-state index contributed by atoms with van der Waals surface area (Å²) in [6.45, 7) is 6.30. The van der Waals surface area contributed by atoms with Gasteiger partial charge in [-0.2, -0.15) is 11.8 Å². The minimum atomic E-state index is -0.957. The number of nitrogens with two attached hydrogens (primary N) is 1. The first kappa shape index (κ1) is 16.5. The highest BCUT2D eigenvalue weighted by atomic mass is 32.2. The molecular weight excluding hydrogens is 262 g/mol. The van der Waals surface area contributed by atoms with Crippen LogP contribution < -0.4 is 5.73 Å². The third kappa shape index (κ3) is 4.80. The molecule has 0 amide bonds. The summed E-state index contributed by atoms with van der Waals surface area (Å²) in [5.41, 5.74) is 5.49. The van der Waals surface area contributed by atoms with Crippen molar-refractivity contribution in [1.82, 2.24) is 0 Å². The van der Waals surface area contributed by atoms with Gasteiger partial charge in [-0.3, -0.25) is 9.59 Å². The molecule has 0 saturated heterocycles. The van der Waals surface area contributed by atoms with Crippen LogP contribution >= 0.6 is 11.8 Å². The zero-order chi connectivity index (χ0) is 14.6. The van der Waals surface area contributed by atoms with E-state index in [1.807, 2.05) is 0 Å². The summed E-state index contributed by atoms with van der Waals surface area (Å²) < 4.78 is -0.130. The van der Waals surface area contributed by atoms with E-state index in [0.29, 0.717) is 30.3 Å². The Morgan fingerprint density at radius 3 is 2.68 bits per heavy atom. The third-order valence-corrected chi connectivity index (χ3v) is 5.41. The highest BCUT2D eigenvalue weighted by Gasteiger charge is 2.38. The van der Waals surface area contributed by atoms with E-state index in [-0.39, 0.29) is 10.7 Å². The standard InChI is InChI=1S/C14H25NO3S/c1-9-4-5-10(12(16)8-9)14(2,3)19-7-6-11(15)13(17)18/h9-11H,4-8,15H2,1-3H3,(H,17,18)/t9-,10+,11?/m0/s1. The maximum absolute atomic E-state index is 12.1. The highest BCUT2D eigenvalue weighted by Crippen LogP contribution is 2.40. The SMILES string of the molecule is C[C@H]1CC[C@@H](C(C)(C)SCCC(N)C(=O)O)C(=O)C1. The molecule has 1 aliphatic carbocycles. The Kier molecular flexibility index (Phi) is 5.86. The van der Waals surface area contributed by atoms with Gasteiger partial charge in [-0.15, -0.1) is 0 Å². The average Bonchev–Trinajstić information content (AvgIpc) is 2.27. The predicted molar refractivity (Wildman–Crippen MR) is 78.3 cm³/mol. The van der Waals surface area contributed by atoms with Gasteiger partial charge in [0, 0.05) is 17.1 Å². The quantitative estimate of drug-likeness (QED) is 0.783. The molecule has 0 radical (unpaired) electrons. The maximum atomic E-state index is 12.1. The van der Waals surface area contributed by atoms with Crippen LogP contribution in [0.15, 0.2) is 0 Å². The van der Waals surface area contributed by atoms with Gasteiger partial charge >= 0.3 is 5.97 Å². The molecule has 19 heavy (non-hydrogen) atoms. The van der Waals surface area contributed by atoms with Crippen molar-refractivity contribution in [3.8, 4) is 0 Å². The summed E-state index contributed by atoms with van der Waals surface area (Å²) in [6.07, 6.45) is 3.18. The fraction of sp³-hybridized carbons (Fsp3) is 0.857. The molecule has 3 atom stereocenters. The Hall–Kier alpha value is -0.550. The van der Waals surface area contributed by atoms with Gasteiger partial charge in [-0.25, -0.2) is 0 Å². The fourth-order valence-electron chi connectivity index (χ4n) is 2.61. The molecule has 3 N–H and O–H groups in total. The number of aliphatic carboxylic acids is 1. The number of hydrogen-bond acceptors (Lipinski definition) is 4. The average molecular weight is 287 g/mol. The Labute approximate surface area is 119 Å². The van der Waals surface area contributed by atoms with Crippen molar-refractivity contribution < 1.29 is 14.7 Å². The van der Waals surface area contributed by atoms with Crippen LogP contribution in [-0.4, -0.2) is 33.4 Å². The number of carbonyl (C=O) groups is 2. The molecule has 0 aromatic carbocycles. The second-order valence-corrected chi connectivity index (χ2v) is 7.84. The van der Waals surface area contributed by atoms with E-state index >= 15 is 0 Å². The van der Waals surface area contributed by atoms with Gasteiger partial charge in [0.15, 0.2) is 0 Å². The molecule has 1 fully saturated rings. The van der Waals surface area contributed by atoms with Crippen molar-refractivity contribution in [3.63, 3.8) is 0 Å². The number of carboxylic acids is 1. The van der Waals surface area contributed by atoms with Gasteiger partial charge in [0.25, 0.3) is 0 Å². The molecular formula is C14H25NO3S. The molecule has 0 heterocycles. The van der Waals surface area contributed by atoms with E-state index in [9.17, 15) is 9.59 Å². The number of ketones is 1. The molecule has 1 unspecified atom stereocenters. The van der Waals surface area contributed by atoms with E-state index in [2.05, 4.69) is 20.8 Å². The minimum absolute atomic E-state index is 0.0924. The Morgan fingerprint density at radius 1 is 1.53 bits per heavy atom. The van der Waals surface area contributed by atoms with Gasteiger partial charge in [-0.1, -0.05) is 6.92 Å². The van der Waals surface area contributed by atoms with E-state index < -0.39 is 12.0 Å². The largest absolute Gasteiger partial charge is 0.480 e. The molecule has 4 nitrogen and oxygen atoms in total. The van der Waals surface area contributed by atoms with E-state index in [0.717, 1.165) is 12.8 Å². The lowest BCUT2D eigenvalue weighted by Gasteiger charge is -2.37. The van der Waals surface area contributed by atoms with Crippen LogP contribution in [0.25, 0.3) is 0 Å². The third-order valence-electron chi connectivity index (χ3n) is 3.95. The first-order valence-corrected chi connectivity index (χ1v) is 7.87. The molecule has 110 valence electrons.